The van der Waals surface area contributed by atoms with Gasteiger partial charge >= 0.3 is 0 Å². The van der Waals surface area contributed by atoms with Crippen LogP contribution in [0, 0.1) is 0 Å². The Balaban J connectivity index is 2.25. The molecule has 0 aliphatic rings. The Hall–Kier alpha value is -0.480. The van der Waals surface area contributed by atoms with Crippen LogP contribution in [-0.2, 0) is 6.54 Å². The number of halogens is 2. The highest BCUT2D eigenvalue weighted by molar-refractivity contribution is 9.10. The van der Waals surface area contributed by atoms with Crippen LogP contribution in [0.1, 0.15) is 19.4 Å². The molecule has 20 heavy (non-hydrogen) atoms. The van der Waals surface area contributed by atoms with Gasteiger partial charge in [-0.05, 0) is 45.8 Å². The molecule has 106 valence electrons. The maximum atomic E-state index is 6.14. The van der Waals surface area contributed by atoms with Crippen molar-refractivity contribution < 1.29 is 0 Å². The van der Waals surface area contributed by atoms with Crippen molar-refractivity contribution in [1.82, 2.24) is 5.32 Å². The highest BCUT2D eigenvalue weighted by Gasteiger charge is 2.08. The molecule has 0 bridgehead atoms. The average Bonchev–Trinajstić information content (AvgIpc) is 2.40. The van der Waals surface area contributed by atoms with E-state index in [-0.39, 0.29) is 0 Å². The normalized spacial score (nSPS) is 11.1. The maximum Gasteiger partial charge on any atom is 0.0417 e. The smallest absolute Gasteiger partial charge is 0.0417 e. The lowest BCUT2D eigenvalue weighted by atomic mass is 10.2. The second kappa shape index (κ2) is 7.51. The molecule has 0 radical (unpaired) electrons. The van der Waals surface area contributed by atoms with Crippen LogP contribution in [0.15, 0.2) is 56.7 Å². The van der Waals surface area contributed by atoms with Gasteiger partial charge < -0.3 is 5.32 Å². The quantitative estimate of drug-likeness (QED) is 0.719. The van der Waals surface area contributed by atoms with E-state index in [9.17, 15) is 0 Å². The lowest BCUT2D eigenvalue weighted by Crippen LogP contribution is -2.22. The summed E-state index contributed by atoms with van der Waals surface area (Å²) < 4.78 is 1.10. The highest BCUT2D eigenvalue weighted by atomic mass is 79.9. The van der Waals surface area contributed by atoms with Gasteiger partial charge in [-0.2, -0.15) is 0 Å². The monoisotopic (exact) mass is 369 g/mol. The van der Waals surface area contributed by atoms with Crippen LogP contribution < -0.4 is 5.32 Å². The Morgan fingerprint density at radius 2 is 1.90 bits per heavy atom. The van der Waals surface area contributed by atoms with Crippen molar-refractivity contribution in [2.24, 2.45) is 0 Å². The van der Waals surface area contributed by atoms with Gasteiger partial charge in [0.1, 0.15) is 0 Å². The van der Waals surface area contributed by atoms with E-state index < -0.39 is 0 Å². The van der Waals surface area contributed by atoms with Crippen molar-refractivity contribution in [1.29, 1.82) is 0 Å². The van der Waals surface area contributed by atoms with Crippen LogP contribution in [0.2, 0.25) is 5.02 Å². The molecular weight excluding hydrogens is 354 g/mol. The van der Waals surface area contributed by atoms with Crippen LogP contribution in [0.4, 0.5) is 0 Å². The van der Waals surface area contributed by atoms with Crippen LogP contribution in [0.25, 0.3) is 0 Å². The molecule has 1 nitrogen and oxygen atoms in total. The highest BCUT2D eigenvalue weighted by Crippen LogP contribution is 2.36. The number of hydrogen-bond acceptors (Lipinski definition) is 2. The van der Waals surface area contributed by atoms with Gasteiger partial charge in [-0.25, -0.2) is 0 Å². The zero-order valence-corrected chi connectivity index (χ0v) is 14.6. The van der Waals surface area contributed by atoms with Crippen LogP contribution in [-0.4, -0.2) is 6.04 Å². The molecule has 1 N–H and O–H groups in total. The van der Waals surface area contributed by atoms with Crippen molar-refractivity contribution in [3.63, 3.8) is 0 Å². The number of rotatable bonds is 5. The Morgan fingerprint density at radius 3 is 2.60 bits per heavy atom. The third-order valence-corrected chi connectivity index (χ3v) is 5.15. The van der Waals surface area contributed by atoms with E-state index in [0.29, 0.717) is 6.04 Å². The standard InChI is InChI=1S/C16H17BrClNS/c1-11(2)19-10-12-7-8-13(18)9-16(12)20-15-6-4-3-5-14(15)17/h3-9,11,19H,10H2,1-2H3. The Labute approximate surface area is 138 Å². The first kappa shape index (κ1) is 15.9. The Bertz CT molecular complexity index is 586. The van der Waals surface area contributed by atoms with Crippen molar-refractivity contribution in [3.05, 3.63) is 57.5 Å². The van der Waals surface area contributed by atoms with E-state index in [1.54, 1.807) is 11.8 Å². The minimum absolute atomic E-state index is 0.465. The van der Waals surface area contributed by atoms with Crippen LogP contribution >= 0.6 is 39.3 Å². The summed E-state index contributed by atoms with van der Waals surface area (Å²) in [5.41, 5.74) is 1.27. The third kappa shape index (κ3) is 4.52. The predicted octanol–water partition coefficient (Wildman–Crippen LogP) is 5.75. The summed E-state index contributed by atoms with van der Waals surface area (Å²) in [6.07, 6.45) is 0. The van der Waals surface area contributed by atoms with Gasteiger partial charge in [0.25, 0.3) is 0 Å². The first-order chi connectivity index (χ1) is 9.56. The van der Waals surface area contributed by atoms with E-state index in [4.69, 9.17) is 11.6 Å². The summed E-state index contributed by atoms with van der Waals surface area (Å²) in [6.45, 7) is 5.15. The number of hydrogen-bond donors (Lipinski definition) is 1. The van der Waals surface area contributed by atoms with Gasteiger partial charge in [-0.1, -0.05) is 55.4 Å². The Morgan fingerprint density at radius 1 is 1.15 bits per heavy atom. The fraction of sp³-hybridized carbons (Fsp3) is 0.250. The van der Waals surface area contributed by atoms with Crippen LogP contribution in [0.3, 0.4) is 0 Å². The van der Waals surface area contributed by atoms with Crippen molar-refractivity contribution >= 4 is 39.3 Å². The molecule has 0 saturated carbocycles. The van der Waals surface area contributed by atoms with Gasteiger partial charge in [0.15, 0.2) is 0 Å². The minimum atomic E-state index is 0.465. The lowest BCUT2D eigenvalue weighted by Gasteiger charge is -2.13. The summed E-state index contributed by atoms with van der Waals surface area (Å²) in [5.74, 6) is 0. The van der Waals surface area contributed by atoms with Crippen molar-refractivity contribution in [2.45, 2.75) is 36.2 Å². The van der Waals surface area contributed by atoms with Gasteiger partial charge in [0.2, 0.25) is 0 Å². The molecule has 0 aliphatic carbocycles. The van der Waals surface area contributed by atoms with Crippen LogP contribution in [0.5, 0.6) is 0 Å². The minimum Gasteiger partial charge on any atom is -0.310 e. The SMILES string of the molecule is CC(C)NCc1ccc(Cl)cc1Sc1ccccc1Br. The number of nitrogens with one attached hydrogen (secondary N) is 1. The van der Waals surface area contributed by atoms with E-state index in [0.717, 1.165) is 16.0 Å². The third-order valence-electron chi connectivity index (χ3n) is 2.79. The molecule has 4 heteroatoms. The van der Waals surface area contributed by atoms with Gasteiger partial charge in [-0.15, -0.1) is 0 Å². The fourth-order valence-electron chi connectivity index (χ4n) is 1.73. The van der Waals surface area contributed by atoms with Crippen molar-refractivity contribution in [2.75, 3.05) is 0 Å². The molecule has 0 unspecified atom stereocenters. The molecule has 0 aromatic heterocycles. The van der Waals surface area contributed by atoms with Gasteiger partial charge in [0, 0.05) is 31.9 Å². The summed E-state index contributed by atoms with van der Waals surface area (Å²) in [7, 11) is 0. The summed E-state index contributed by atoms with van der Waals surface area (Å²) in [4.78, 5) is 2.39. The first-order valence-electron chi connectivity index (χ1n) is 6.50. The van der Waals surface area contributed by atoms with Gasteiger partial charge in [0.05, 0.1) is 0 Å². The summed E-state index contributed by atoms with van der Waals surface area (Å²) >= 11 is 11.5. The average molecular weight is 371 g/mol. The molecule has 0 atom stereocenters. The fourth-order valence-corrected chi connectivity index (χ4v) is 3.50. The van der Waals surface area contributed by atoms with E-state index in [1.807, 2.05) is 24.3 Å². The lowest BCUT2D eigenvalue weighted by molar-refractivity contribution is 0.585. The summed E-state index contributed by atoms with van der Waals surface area (Å²) in [6, 6.07) is 14.8. The zero-order valence-electron chi connectivity index (χ0n) is 11.5. The predicted molar refractivity (Wildman–Crippen MR) is 91.7 cm³/mol. The molecular formula is C16H17BrClNS. The molecule has 0 heterocycles. The summed E-state index contributed by atoms with van der Waals surface area (Å²) in [5, 5.41) is 4.23. The molecule has 0 spiro atoms. The zero-order chi connectivity index (χ0) is 14.5. The van der Waals surface area contributed by atoms with E-state index in [1.165, 1.54) is 15.4 Å². The van der Waals surface area contributed by atoms with Crippen molar-refractivity contribution in [3.8, 4) is 0 Å². The van der Waals surface area contributed by atoms with E-state index in [2.05, 4.69) is 53.3 Å². The molecule has 2 aromatic rings. The first-order valence-corrected chi connectivity index (χ1v) is 8.49. The molecule has 0 amide bonds. The Kier molecular flexibility index (Phi) is 5.97. The second-order valence-corrected chi connectivity index (χ2v) is 7.19. The van der Waals surface area contributed by atoms with E-state index >= 15 is 0 Å². The number of benzene rings is 2. The topological polar surface area (TPSA) is 12.0 Å². The molecule has 0 fully saturated rings. The second-order valence-electron chi connectivity index (χ2n) is 4.82. The molecule has 0 aliphatic heterocycles. The largest absolute Gasteiger partial charge is 0.310 e. The molecule has 0 saturated heterocycles. The molecule has 2 rings (SSSR count). The maximum absolute atomic E-state index is 6.14. The molecule has 2 aromatic carbocycles. The van der Waals surface area contributed by atoms with Gasteiger partial charge in [-0.3, -0.25) is 0 Å².